The number of sulfonamides is 1. The van der Waals surface area contributed by atoms with Crippen LogP contribution in [-0.2, 0) is 21.2 Å². The van der Waals surface area contributed by atoms with Gasteiger partial charge in [0.05, 0.1) is 4.90 Å². The first-order chi connectivity index (χ1) is 9.81. The first-order valence-corrected chi connectivity index (χ1v) is 8.60. The van der Waals surface area contributed by atoms with Gasteiger partial charge < -0.3 is 5.11 Å². The molecule has 0 unspecified atom stereocenters. The molecule has 0 saturated carbocycles. The minimum atomic E-state index is -3.55. The van der Waals surface area contributed by atoms with Crippen LogP contribution in [0.15, 0.2) is 29.2 Å². The minimum Gasteiger partial charge on any atom is -0.481 e. The Bertz CT molecular complexity index is 550. The third kappa shape index (κ3) is 6.73. The fraction of sp³-hybridized carbons (Fsp3) is 0.533. The SMILES string of the molecule is CC(C)CCc1ccc(S(=O)(=O)NCCCC(=O)O)cc1. The molecule has 21 heavy (non-hydrogen) atoms. The van der Waals surface area contributed by atoms with E-state index in [1.54, 1.807) is 12.1 Å². The van der Waals surface area contributed by atoms with Gasteiger partial charge in [0, 0.05) is 13.0 Å². The van der Waals surface area contributed by atoms with Crippen LogP contribution in [0.5, 0.6) is 0 Å². The normalized spacial score (nSPS) is 11.8. The van der Waals surface area contributed by atoms with Crippen molar-refractivity contribution in [1.82, 2.24) is 4.72 Å². The molecular weight excluding hydrogens is 290 g/mol. The zero-order valence-electron chi connectivity index (χ0n) is 12.5. The van der Waals surface area contributed by atoms with Crippen molar-refractivity contribution in [2.75, 3.05) is 6.54 Å². The van der Waals surface area contributed by atoms with Gasteiger partial charge in [-0.25, -0.2) is 13.1 Å². The standard InChI is InChI=1S/C15H23NO4S/c1-12(2)5-6-13-7-9-14(10-8-13)21(19,20)16-11-3-4-15(17)18/h7-10,12,16H,3-6,11H2,1-2H3,(H,17,18). The molecule has 2 N–H and O–H groups in total. The molecule has 0 aliphatic carbocycles. The first-order valence-electron chi connectivity index (χ1n) is 7.11. The number of carbonyl (C=O) groups is 1. The van der Waals surface area contributed by atoms with E-state index < -0.39 is 16.0 Å². The highest BCUT2D eigenvalue weighted by Gasteiger charge is 2.13. The molecule has 0 heterocycles. The van der Waals surface area contributed by atoms with Crippen LogP contribution in [0.3, 0.4) is 0 Å². The Morgan fingerprint density at radius 2 is 1.86 bits per heavy atom. The summed E-state index contributed by atoms with van der Waals surface area (Å²) >= 11 is 0. The van der Waals surface area contributed by atoms with Crippen molar-refractivity contribution in [3.8, 4) is 0 Å². The number of carboxylic acid groups (broad SMARTS) is 1. The molecule has 0 amide bonds. The van der Waals surface area contributed by atoms with Crippen molar-refractivity contribution < 1.29 is 18.3 Å². The number of nitrogens with one attached hydrogen (secondary N) is 1. The monoisotopic (exact) mass is 313 g/mol. The van der Waals surface area contributed by atoms with Crippen LogP contribution in [-0.4, -0.2) is 26.0 Å². The van der Waals surface area contributed by atoms with E-state index in [0.29, 0.717) is 5.92 Å². The Labute approximate surface area is 126 Å². The molecular formula is C15H23NO4S. The topological polar surface area (TPSA) is 83.5 Å². The molecule has 0 fully saturated rings. The number of benzene rings is 1. The van der Waals surface area contributed by atoms with Crippen LogP contribution >= 0.6 is 0 Å². The van der Waals surface area contributed by atoms with Crippen LogP contribution in [0.1, 0.15) is 38.7 Å². The van der Waals surface area contributed by atoms with Crippen molar-refractivity contribution in [3.63, 3.8) is 0 Å². The lowest BCUT2D eigenvalue weighted by atomic mass is 10.0. The molecule has 0 radical (unpaired) electrons. The molecule has 1 aromatic rings. The third-order valence-corrected chi connectivity index (χ3v) is 4.58. The van der Waals surface area contributed by atoms with E-state index in [1.165, 1.54) is 0 Å². The van der Waals surface area contributed by atoms with E-state index in [9.17, 15) is 13.2 Å². The molecule has 0 atom stereocenters. The van der Waals surface area contributed by atoms with Gasteiger partial charge in [-0.2, -0.15) is 0 Å². The van der Waals surface area contributed by atoms with Gasteiger partial charge in [0.1, 0.15) is 0 Å². The van der Waals surface area contributed by atoms with E-state index in [4.69, 9.17) is 5.11 Å². The Hall–Kier alpha value is -1.40. The Morgan fingerprint density at radius 3 is 2.38 bits per heavy atom. The van der Waals surface area contributed by atoms with Crippen LogP contribution in [0.25, 0.3) is 0 Å². The lowest BCUT2D eigenvalue weighted by Gasteiger charge is -2.08. The van der Waals surface area contributed by atoms with Gasteiger partial charge in [-0.05, 0) is 42.9 Å². The summed E-state index contributed by atoms with van der Waals surface area (Å²) in [6, 6.07) is 6.84. The van der Waals surface area contributed by atoms with E-state index in [2.05, 4.69) is 18.6 Å². The molecule has 0 spiro atoms. The second kappa shape index (κ2) is 8.14. The summed E-state index contributed by atoms with van der Waals surface area (Å²) in [5.74, 6) is -0.312. The van der Waals surface area contributed by atoms with Gasteiger partial charge in [-0.3, -0.25) is 4.79 Å². The summed E-state index contributed by atoms with van der Waals surface area (Å²) in [5, 5.41) is 8.50. The van der Waals surface area contributed by atoms with Crippen LogP contribution in [0, 0.1) is 5.92 Å². The van der Waals surface area contributed by atoms with Crippen LogP contribution in [0.4, 0.5) is 0 Å². The molecule has 5 nitrogen and oxygen atoms in total. The number of aryl methyl sites for hydroxylation is 1. The quantitative estimate of drug-likeness (QED) is 0.686. The third-order valence-electron chi connectivity index (χ3n) is 3.10. The lowest BCUT2D eigenvalue weighted by molar-refractivity contribution is -0.137. The fourth-order valence-electron chi connectivity index (χ4n) is 1.82. The van der Waals surface area contributed by atoms with E-state index in [0.717, 1.165) is 18.4 Å². The van der Waals surface area contributed by atoms with Crippen molar-refractivity contribution in [3.05, 3.63) is 29.8 Å². The number of carboxylic acids is 1. The van der Waals surface area contributed by atoms with Gasteiger partial charge in [-0.1, -0.05) is 26.0 Å². The zero-order chi connectivity index (χ0) is 15.9. The minimum absolute atomic E-state index is 0.0450. The molecule has 0 saturated heterocycles. The van der Waals surface area contributed by atoms with Gasteiger partial charge in [-0.15, -0.1) is 0 Å². The smallest absolute Gasteiger partial charge is 0.303 e. The molecule has 0 aliphatic rings. The molecule has 1 rings (SSSR count). The van der Waals surface area contributed by atoms with Gasteiger partial charge in [0.2, 0.25) is 10.0 Å². The molecule has 0 aliphatic heterocycles. The van der Waals surface area contributed by atoms with Crippen molar-refractivity contribution in [2.24, 2.45) is 5.92 Å². The largest absolute Gasteiger partial charge is 0.481 e. The predicted molar refractivity (Wildman–Crippen MR) is 81.7 cm³/mol. The molecule has 118 valence electrons. The Kier molecular flexibility index (Phi) is 6.84. The summed E-state index contributed by atoms with van der Waals surface area (Å²) in [6.45, 7) is 4.43. The highest BCUT2D eigenvalue weighted by Crippen LogP contribution is 2.13. The van der Waals surface area contributed by atoms with E-state index in [-0.39, 0.29) is 24.3 Å². The van der Waals surface area contributed by atoms with Crippen molar-refractivity contribution in [2.45, 2.75) is 44.4 Å². The second-order valence-electron chi connectivity index (χ2n) is 5.47. The highest BCUT2D eigenvalue weighted by atomic mass is 32.2. The number of aliphatic carboxylic acids is 1. The number of rotatable bonds is 9. The fourth-order valence-corrected chi connectivity index (χ4v) is 2.89. The predicted octanol–water partition coefficient (Wildman–Crippen LogP) is 2.42. The van der Waals surface area contributed by atoms with E-state index >= 15 is 0 Å². The summed E-state index contributed by atoms with van der Waals surface area (Å²) in [4.78, 5) is 10.6. The van der Waals surface area contributed by atoms with Crippen LogP contribution in [0.2, 0.25) is 0 Å². The van der Waals surface area contributed by atoms with Gasteiger partial charge in [0.15, 0.2) is 0 Å². The molecule has 1 aromatic carbocycles. The summed E-state index contributed by atoms with van der Waals surface area (Å²) in [7, 11) is -3.55. The first kappa shape index (κ1) is 17.7. The van der Waals surface area contributed by atoms with Gasteiger partial charge >= 0.3 is 5.97 Å². The molecule has 0 bridgehead atoms. The highest BCUT2D eigenvalue weighted by molar-refractivity contribution is 7.89. The molecule has 0 aromatic heterocycles. The van der Waals surface area contributed by atoms with Crippen LogP contribution < -0.4 is 4.72 Å². The average Bonchev–Trinajstić information content (AvgIpc) is 2.41. The van der Waals surface area contributed by atoms with Crippen molar-refractivity contribution >= 4 is 16.0 Å². The Morgan fingerprint density at radius 1 is 1.24 bits per heavy atom. The lowest BCUT2D eigenvalue weighted by Crippen LogP contribution is -2.25. The van der Waals surface area contributed by atoms with Crippen molar-refractivity contribution in [1.29, 1.82) is 0 Å². The maximum atomic E-state index is 12.0. The number of hydrogen-bond donors (Lipinski definition) is 2. The Balaban J connectivity index is 2.56. The number of hydrogen-bond acceptors (Lipinski definition) is 3. The molecule has 6 heteroatoms. The van der Waals surface area contributed by atoms with E-state index in [1.807, 2.05) is 12.1 Å². The second-order valence-corrected chi connectivity index (χ2v) is 7.24. The maximum Gasteiger partial charge on any atom is 0.303 e. The summed E-state index contributed by atoms with van der Waals surface area (Å²) < 4.78 is 26.4. The zero-order valence-corrected chi connectivity index (χ0v) is 13.3. The maximum absolute atomic E-state index is 12.0. The summed E-state index contributed by atoms with van der Waals surface area (Å²) in [5.41, 5.74) is 1.12. The summed E-state index contributed by atoms with van der Waals surface area (Å²) in [6.07, 6.45) is 2.24. The average molecular weight is 313 g/mol. The van der Waals surface area contributed by atoms with Gasteiger partial charge in [0.25, 0.3) is 0 Å².